The van der Waals surface area contributed by atoms with Gasteiger partial charge >= 0.3 is 0 Å². The average Bonchev–Trinajstić information content (AvgIpc) is 3.29. The molecule has 0 bridgehead atoms. The van der Waals surface area contributed by atoms with Crippen molar-refractivity contribution in [3.8, 4) is 11.3 Å². The second-order valence-corrected chi connectivity index (χ2v) is 6.99. The van der Waals surface area contributed by atoms with E-state index in [1.165, 1.54) is 4.88 Å². The van der Waals surface area contributed by atoms with Gasteiger partial charge in [0, 0.05) is 42.6 Å². The second-order valence-electron chi connectivity index (χ2n) is 5.96. The van der Waals surface area contributed by atoms with Gasteiger partial charge in [-0.2, -0.15) is 0 Å². The van der Waals surface area contributed by atoms with E-state index in [2.05, 4.69) is 80.5 Å². The van der Waals surface area contributed by atoms with Crippen molar-refractivity contribution >= 4 is 28.5 Å². The molecule has 4 aromatic rings. The van der Waals surface area contributed by atoms with Crippen molar-refractivity contribution in [2.45, 2.75) is 6.54 Å². The topological polar surface area (TPSA) is 45.5 Å². The molecule has 1 aromatic carbocycles. The van der Waals surface area contributed by atoms with E-state index in [9.17, 15) is 0 Å². The van der Waals surface area contributed by atoms with E-state index < -0.39 is 0 Å². The highest BCUT2D eigenvalue weighted by Gasteiger charge is 2.13. The van der Waals surface area contributed by atoms with E-state index in [0.717, 1.165) is 35.0 Å². The molecular formula is C19H19N5S. The SMILES string of the molecule is CN(C)c1ccccc1-c1cnc2c(NCc3cccs3)nccn12. The summed E-state index contributed by atoms with van der Waals surface area (Å²) in [6.45, 7) is 0.751. The van der Waals surface area contributed by atoms with Gasteiger partial charge in [0.1, 0.15) is 0 Å². The van der Waals surface area contributed by atoms with Gasteiger partial charge in [-0.25, -0.2) is 9.97 Å². The minimum absolute atomic E-state index is 0.751. The predicted molar refractivity (Wildman–Crippen MR) is 104 cm³/mol. The van der Waals surface area contributed by atoms with Crippen LogP contribution < -0.4 is 10.2 Å². The van der Waals surface area contributed by atoms with Gasteiger partial charge in [-0.15, -0.1) is 11.3 Å². The quantitative estimate of drug-likeness (QED) is 0.588. The van der Waals surface area contributed by atoms with Crippen LogP contribution in [0.15, 0.2) is 60.4 Å². The Morgan fingerprint density at radius 1 is 1.12 bits per heavy atom. The van der Waals surface area contributed by atoms with Crippen molar-refractivity contribution < 1.29 is 0 Å². The fourth-order valence-corrected chi connectivity index (χ4v) is 3.55. The number of rotatable bonds is 5. The van der Waals surface area contributed by atoms with E-state index in [1.807, 2.05) is 18.6 Å². The Morgan fingerprint density at radius 3 is 2.80 bits per heavy atom. The lowest BCUT2D eigenvalue weighted by Crippen LogP contribution is -2.10. The summed E-state index contributed by atoms with van der Waals surface area (Å²) in [7, 11) is 4.11. The van der Waals surface area contributed by atoms with Gasteiger partial charge in [0.05, 0.1) is 18.4 Å². The summed E-state index contributed by atoms with van der Waals surface area (Å²) in [4.78, 5) is 12.5. The largest absolute Gasteiger partial charge is 0.377 e. The summed E-state index contributed by atoms with van der Waals surface area (Å²) < 4.78 is 2.09. The van der Waals surface area contributed by atoms with E-state index in [1.54, 1.807) is 11.3 Å². The maximum atomic E-state index is 4.62. The number of hydrogen-bond acceptors (Lipinski definition) is 5. The van der Waals surface area contributed by atoms with Gasteiger partial charge in [0.25, 0.3) is 0 Å². The van der Waals surface area contributed by atoms with Gasteiger partial charge in [0.15, 0.2) is 11.5 Å². The number of hydrogen-bond donors (Lipinski definition) is 1. The molecule has 4 rings (SSSR count). The molecule has 0 radical (unpaired) electrons. The first-order chi connectivity index (χ1) is 12.2. The van der Waals surface area contributed by atoms with Gasteiger partial charge in [0.2, 0.25) is 0 Å². The summed E-state index contributed by atoms with van der Waals surface area (Å²) in [5.41, 5.74) is 4.20. The Morgan fingerprint density at radius 2 is 2.00 bits per heavy atom. The van der Waals surface area contributed by atoms with Crippen LogP contribution in [0, 0.1) is 0 Å². The number of benzene rings is 1. The fourth-order valence-electron chi connectivity index (χ4n) is 2.91. The number of fused-ring (bicyclic) bond motifs is 1. The van der Waals surface area contributed by atoms with Gasteiger partial charge in [-0.1, -0.05) is 24.3 Å². The molecule has 0 unspecified atom stereocenters. The molecule has 0 atom stereocenters. The van der Waals surface area contributed by atoms with Crippen molar-refractivity contribution in [2.75, 3.05) is 24.3 Å². The zero-order valence-electron chi connectivity index (χ0n) is 14.2. The highest BCUT2D eigenvalue weighted by atomic mass is 32.1. The molecule has 0 fully saturated rings. The van der Waals surface area contributed by atoms with Crippen LogP contribution in [0.5, 0.6) is 0 Å². The van der Waals surface area contributed by atoms with E-state index in [-0.39, 0.29) is 0 Å². The molecule has 0 aliphatic heterocycles. The molecule has 6 heteroatoms. The minimum atomic E-state index is 0.751. The normalized spacial score (nSPS) is 11.0. The number of nitrogens with one attached hydrogen (secondary N) is 1. The number of thiophene rings is 1. The summed E-state index contributed by atoms with van der Waals surface area (Å²) in [5, 5.41) is 5.48. The Bertz CT molecular complexity index is 988. The molecule has 3 aromatic heterocycles. The molecule has 0 saturated carbocycles. The smallest absolute Gasteiger partial charge is 0.180 e. The van der Waals surface area contributed by atoms with Crippen LogP contribution in [0.25, 0.3) is 16.9 Å². The van der Waals surface area contributed by atoms with E-state index >= 15 is 0 Å². The van der Waals surface area contributed by atoms with Crippen molar-refractivity contribution in [3.05, 3.63) is 65.2 Å². The third-order valence-electron chi connectivity index (χ3n) is 4.10. The molecule has 3 heterocycles. The van der Waals surface area contributed by atoms with Crippen LogP contribution in [0.1, 0.15) is 4.88 Å². The maximum Gasteiger partial charge on any atom is 0.180 e. The van der Waals surface area contributed by atoms with Crippen LogP contribution in [-0.4, -0.2) is 28.5 Å². The molecule has 25 heavy (non-hydrogen) atoms. The molecule has 0 aliphatic carbocycles. The highest BCUT2D eigenvalue weighted by Crippen LogP contribution is 2.31. The zero-order chi connectivity index (χ0) is 17.2. The molecule has 0 aliphatic rings. The zero-order valence-corrected chi connectivity index (χ0v) is 15.0. The van der Waals surface area contributed by atoms with Crippen LogP contribution in [-0.2, 0) is 6.54 Å². The lowest BCUT2D eigenvalue weighted by Gasteiger charge is -2.17. The first-order valence-electron chi connectivity index (χ1n) is 8.09. The van der Waals surface area contributed by atoms with Crippen molar-refractivity contribution in [2.24, 2.45) is 0 Å². The van der Waals surface area contributed by atoms with Gasteiger partial charge in [-0.3, -0.25) is 4.40 Å². The van der Waals surface area contributed by atoms with Crippen LogP contribution in [0.3, 0.4) is 0 Å². The molecule has 1 N–H and O–H groups in total. The van der Waals surface area contributed by atoms with Crippen molar-refractivity contribution in [1.82, 2.24) is 14.4 Å². The summed E-state index contributed by atoms with van der Waals surface area (Å²) in [6, 6.07) is 12.5. The number of imidazole rings is 1. The lowest BCUT2D eigenvalue weighted by molar-refractivity contribution is 1.08. The molecule has 0 amide bonds. The Kier molecular flexibility index (Phi) is 4.11. The number of nitrogens with zero attached hydrogens (tertiary/aromatic N) is 4. The van der Waals surface area contributed by atoms with Crippen molar-refractivity contribution in [1.29, 1.82) is 0 Å². The molecule has 126 valence electrons. The molecular weight excluding hydrogens is 330 g/mol. The Balaban J connectivity index is 1.74. The van der Waals surface area contributed by atoms with E-state index in [4.69, 9.17) is 0 Å². The van der Waals surface area contributed by atoms with Crippen LogP contribution in [0.2, 0.25) is 0 Å². The Labute approximate surface area is 150 Å². The van der Waals surface area contributed by atoms with Crippen LogP contribution >= 0.6 is 11.3 Å². The fraction of sp³-hybridized carbons (Fsp3) is 0.158. The minimum Gasteiger partial charge on any atom is -0.377 e. The first-order valence-corrected chi connectivity index (χ1v) is 8.97. The standard InChI is InChI=1S/C19H19N5S/c1-23(2)16-8-4-3-7-15(16)17-13-22-19-18(20-9-10-24(17)19)21-12-14-6-5-11-25-14/h3-11,13H,12H2,1-2H3,(H,20,21). The summed E-state index contributed by atoms with van der Waals surface area (Å²) in [5.74, 6) is 0.796. The first kappa shape index (κ1) is 15.7. The number of anilines is 2. The van der Waals surface area contributed by atoms with Gasteiger partial charge in [-0.05, 0) is 17.5 Å². The summed E-state index contributed by atoms with van der Waals surface area (Å²) in [6.07, 6.45) is 5.68. The number of aromatic nitrogens is 3. The van der Waals surface area contributed by atoms with Crippen molar-refractivity contribution in [3.63, 3.8) is 0 Å². The van der Waals surface area contributed by atoms with Crippen LogP contribution in [0.4, 0.5) is 11.5 Å². The molecule has 5 nitrogen and oxygen atoms in total. The number of para-hydroxylation sites is 1. The maximum absolute atomic E-state index is 4.62. The second kappa shape index (κ2) is 6.57. The third-order valence-corrected chi connectivity index (χ3v) is 4.98. The van der Waals surface area contributed by atoms with E-state index in [0.29, 0.717) is 0 Å². The third kappa shape index (κ3) is 2.96. The average molecular weight is 349 g/mol. The summed E-state index contributed by atoms with van der Waals surface area (Å²) >= 11 is 1.73. The molecule has 0 saturated heterocycles. The monoisotopic (exact) mass is 349 g/mol. The molecule has 0 spiro atoms. The predicted octanol–water partition coefficient (Wildman–Crippen LogP) is 4.14. The Hall–Kier alpha value is -2.86. The lowest BCUT2D eigenvalue weighted by atomic mass is 10.1. The van der Waals surface area contributed by atoms with Gasteiger partial charge < -0.3 is 10.2 Å². The highest BCUT2D eigenvalue weighted by molar-refractivity contribution is 7.09.